The van der Waals surface area contributed by atoms with Gasteiger partial charge in [0.25, 0.3) is 0 Å². The second kappa shape index (κ2) is 4.26. The van der Waals surface area contributed by atoms with Gasteiger partial charge in [0.15, 0.2) is 0 Å². The van der Waals surface area contributed by atoms with Crippen molar-refractivity contribution >= 4 is 21.6 Å². The Morgan fingerprint density at radius 1 is 1.47 bits per heavy atom. The van der Waals surface area contributed by atoms with E-state index < -0.39 is 6.10 Å². The van der Waals surface area contributed by atoms with Crippen LogP contribution in [0.15, 0.2) is 24.3 Å². The third-order valence-corrected chi connectivity index (χ3v) is 3.55. The molecule has 0 aliphatic carbocycles. The Kier molecular flexibility index (Phi) is 3.00. The molecule has 1 heterocycles. The Hall–Kier alpha value is -0.970. The lowest BCUT2D eigenvalue weighted by molar-refractivity contribution is 0.144. The number of aromatic nitrogens is 1. The van der Waals surface area contributed by atoms with Crippen LogP contribution in [0.25, 0.3) is 10.2 Å². The number of nitrogens with two attached hydrogens (primary N) is 1. The Morgan fingerprint density at radius 2 is 2.20 bits per heavy atom. The van der Waals surface area contributed by atoms with Crippen molar-refractivity contribution in [1.82, 2.24) is 4.98 Å². The molecule has 0 bridgehead atoms. The van der Waals surface area contributed by atoms with Gasteiger partial charge in [0.2, 0.25) is 0 Å². The maximum Gasteiger partial charge on any atom is 0.124 e. The van der Waals surface area contributed by atoms with E-state index >= 15 is 0 Å². The molecule has 0 saturated heterocycles. The first-order valence-electron chi connectivity index (χ1n) is 5.01. The van der Waals surface area contributed by atoms with E-state index in [0.29, 0.717) is 5.01 Å². The van der Waals surface area contributed by atoms with Crippen LogP contribution in [0.3, 0.4) is 0 Å². The van der Waals surface area contributed by atoms with Crippen LogP contribution in [0.5, 0.6) is 0 Å². The summed E-state index contributed by atoms with van der Waals surface area (Å²) in [5.41, 5.74) is 6.72. The molecule has 0 saturated carbocycles. The number of hydrogen-bond acceptors (Lipinski definition) is 4. The van der Waals surface area contributed by atoms with E-state index in [1.54, 1.807) is 0 Å². The summed E-state index contributed by atoms with van der Waals surface area (Å²) in [4.78, 5) is 4.37. The van der Waals surface area contributed by atoms with Gasteiger partial charge < -0.3 is 10.8 Å². The number of rotatable bonds is 3. The van der Waals surface area contributed by atoms with Gasteiger partial charge in [-0.25, -0.2) is 4.98 Å². The maximum absolute atomic E-state index is 9.91. The average Bonchev–Trinajstić information content (AvgIpc) is 2.70. The first-order chi connectivity index (χ1) is 7.22. The smallest absolute Gasteiger partial charge is 0.124 e. The van der Waals surface area contributed by atoms with Crippen molar-refractivity contribution in [3.63, 3.8) is 0 Å². The summed E-state index contributed by atoms with van der Waals surface area (Å²) in [7, 11) is 0. The van der Waals surface area contributed by atoms with Crippen molar-refractivity contribution in [3.8, 4) is 0 Å². The third-order valence-electron chi connectivity index (χ3n) is 2.44. The largest absolute Gasteiger partial charge is 0.384 e. The quantitative estimate of drug-likeness (QED) is 0.835. The molecule has 0 aliphatic heterocycles. The van der Waals surface area contributed by atoms with E-state index in [9.17, 15) is 5.11 Å². The highest BCUT2D eigenvalue weighted by Gasteiger charge is 2.18. The standard InChI is InChI=1S/C11H14N2OS/c1-2-7(12)10(14)11-13-8-5-3-4-6-9(8)15-11/h3-7,10,14H,2,12H2,1H3/t7-,10?/m0/s1. The number of aliphatic hydroxyl groups excluding tert-OH is 1. The van der Waals surface area contributed by atoms with Crippen LogP contribution in [-0.2, 0) is 0 Å². The zero-order valence-electron chi connectivity index (χ0n) is 8.55. The van der Waals surface area contributed by atoms with Crippen molar-refractivity contribution in [1.29, 1.82) is 0 Å². The summed E-state index contributed by atoms with van der Waals surface area (Å²) in [6.07, 6.45) is 0.101. The van der Waals surface area contributed by atoms with Gasteiger partial charge in [-0.15, -0.1) is 11.3 Å². The van der Waals surface area contributed by atoms with Gasteiger partial charge in [-0.05, 0) is 18.6 Å². The highest BCUT2D eigenvalue weighted by atomic mass is 32.1. The van der Waals surface area contributed by atoms with E-state index in [2.05, 4.69) is 4.98 Å². The lowest BCUT2D eigenvalue weighted by Crippen LogP contribution is -2.27. The summed E-state index contributed by atoms with van der Waals surface area (Å²) in [6, 6.07) is 7.62. The maximum atomic E-state index is 9.91. The zero-order chi connectivity index (χ0) is 10.8. The topological polar surface area (TPSA) is 59.1 Å². The Balaban J connectivity index is 2.36. The molecular weight excluding hydrogens is 208 g/mol. The first-order valence-corrected chi connectivity index (χ1v) is 5.83. The fourth-order valence-electron chi connectivity index (χ4n) is 1.42. The molecule has 80 valence electrons. The number of aliphatic hydroxyl groups is 1. The van der Waals surface area contributed by atoms with E-state index in [4.69, 9.17) is 5.73 Å². The number of thiazole rings is 1. The molecule has 3 nitrogen and oxygen atoms in total. The van der Waals surface area contributed by atoms with Gasteiger partial charge in [-0.3, -0.25) is 0 Å². The lowest BCUT2D eigenvalue weighted by Gasteiger charge is -2.13. The Bertz CT molecular complexity index is 422. The van der Waals surface area contributed by atoms with Crippen molar-refractivity contribution < 1.29 is 5.11 Å². The van der Waals surface area contributed by atoms with Crippen LogP contribution >= 0.6 is 11.3 Å². The SMILES string of the molecule is CC[C@H](N)C(O)c1nc2ccccc2s1. The normalized spacial score (nSPS) is 15.4. The summed E-state index contributed by atoms with van der Waals surface area (Å²) < 4.78 is 1.09. The van der Waals surface area contributed by atoms with Crippen LogP contribution in [0.2, 0.25) is 0 Å². The van der Waals surface area contributed by atoms with Gasteiger partial charge in [0.1, 0.15) is 11.1 Å². The molecule has 0 fully saturated rings. The van der Waals surface area contributed by atoms with Crippen molar-refractivity contribution in [2.24, 2.45) is 5.73 Å². The molecule has 4 heteroatoms. The highest BCUT2D eigenvalue weighted by Crippen LogP contribution is 2.27. The molecule has 2 rings (SSSR count). The number of fused-ring (bicyclic) bond motifs is 1. The van der Waals surface area contributed by atoms with Crippen LogP contribution in [0.1, 0.15) is 24.5 Å². The van der Waals surface area contributed by atoms with Crippen molar-refractivity contribution in [3.05, 3.63) is 29.3 Å². The van der Waals surface area contributed by atoms with Crippen molar-refractivity contribution in [2.45, 2.75) is 25.5 Å². The second-order valence-electron chi connectivity index (χ2n) is 3.54. The molecule has 2 atom stereocenters. The number of hydrogen-bond donors (Lipinski definition) is 2. The fraction of sp³-hybridized carbons (Fsp3) is 0.364. The number of nitrogens with zero attached hydrogens (tertiary/aromatic N) is 1. The van der Waals surface area contributed by atoms with Gasteiger partial charge in [0.05, 0.1) is 10.2 Å². The second-order valence-corrected chi connectivity index (χ2v) is 4.60. The van der Waals surface area contributed by atoms with Crippen LogP contribution in [-0.4, -0.2) is 16.1 Å². The molecular formula is C11H14N2OS. The summed E-state index contributed by atoms with van der Waals surface area (Å²) >= 11 is 1.51. The first kappa shape index (κ1) is 10.5. The van der Waals surface area contributed by atoms with Gasteiger partial charge in [-0.2, -0.15) is 0 Å². The minimum atomic E-state index is -0.646. The average molecular weight is 222 g/mol. The summed E-state index contributed by atoms with van der Waals surface area (Å²) in [5.74, 6) is 0. The van der Waals surface area contributed by atoms with Crippen LogP contribution in [0, 0.1) is 0 Å². The van der Waals surface area contributed by atoms with E-state index in [1.807, 2.05) is 31.2 Å². The molecule has 15 heavy (non-hydrogen) atoms. The fourth-order valence-corrected chi connectivity index (χ4v) is 2.45. The van der Waals surface area contributed by atoms with E-state index in [0.717, 1.165) is 16.6 Å². The molecule has 1 aromatic carbocycles. The van der Waals surface area contributed by atoms with Gasteiger partial charge in [0, 0.05) is 6.04 Å². The molecule has 1 aromatic heterocycles. The number of para-hydroxylation sites is 1. The molecule has 0 aliphatic rings. The molecule has 0 spiro atoms. The van der Waals surface area contributed by atoms with Gasteiger partial charge in [-0.1, -0.05) is 19.1 Å². The molecule has 1 unspecified atom stereocenters. The zero-order valence-corrected chi connectivity index (χ0v) is 9.37. The molecule has 2 aromatic rings. The number of benzene rings is 1. The molecule has 0 radical (unpaired) electrons. The predicted molar refractivity (Wildman–Crippen MR) is 62.8 cm³/mol. The van der Waals surface area contributed by atoms with Crippen LogP contribution in [0.4, 0.5) is 0 Å². The minimum Gasteiger partial charge on any atom is -0.384 e. The van der Waals surface area contributed by atoms with E-state index in [1.165, 1.54) is 11.3 Å². The molecule has 3 N–H and O–H groups in total. The Morgan fingerprint density at radius 3 is 2.87 bits per heavy atom. The van der Waals surface area contributed by atoms with E-state index in [-0.39, 0.29) is 6.04 Å². The van der Waals surface area contributed by atoms with Crippen molar-refractivity contribution in [2.75, 3.05) is 0 Å². The lowest BCUT2D eigenvalue weighted by atomic mass is 10.1. The van der Waals surface area contributed by atoms with Crippen LogP contribution < -0.4 is 5.73 Å². The third kappa shape index (κ3) is 2.02. The monoisotopic (exact) mass is 222 g/mol. The highest BCUT2D eigenvalue weighted by molar-refractivity contribution is 7.18. The summed E-state index contributed by atoms with van der Waals surface area (Å²) in [5, 5.41) is 10.6. The van der Waals surface area contributed by atoms with Gasteiger partial charge >= 0.3 is 0 Å². The predicted octanol–water partition coefficient (Wildman–Crippen LogP) is 2.07. The Labute approximate surface area is 92.6 Å². The summed E-state index contributed by atoms with van der Waals surface area (Å²) in [6.45, 7) is 1.96. The molecule has 0 amide bonds. The minimum absolute atomic E-state index is 0.231.